The predicted octanol–water partition coefficient (Wildman–Crippen LogP) is 7.63. The lowest BCUT2D eigenvalue weighted by atomic mass is 9.87. The third kappa shape index (κ3) is 10.5. The van der Waals surface area contributed by atoms with Gasteiger partial charge < -0.3 is 23.1 Å². The van der Waals surface area contributed by atoms with Gasteiger partial charge in [0.25, 0.3) is 0 Å². The zero-order valence-corrected chi connectivity index (χ0v) is 30.8. The molecule has 0 N–H and O–H groups in total. The third-order valence-corrected chi connectivity index (χ3v) is 11.1. The number of rotatable bonds is 15. The van der Waals surface area contributed by atoms with Gasteiger partial charge in [0.15, 0.2) is 0 Å². The van der Waals surface area contributed by atoms with Crippen molar-refractivity contribution in [2.75, 3.05) is 32.9 Å². The first kappa shape index (κ1) is 37.7. The van der Waals surface area contributed by atoms with E-state index in [1.807, 2.05) is 79.7 Å². The summed E-state index contributed by atoms with van der Waals surface area (Å²) in [7, 11) is -4.14. The molecular formula is C42H49NO8S. The van der Waals surface area contributed by atoms with Crippen LogP contribution < -0.4 is 4.74 Å². The van der Waals surface area contributed by atoms with Gasteiger partial charge in [0, 0.05) is 19.7 Å². The van der Waals surface area contributed by atoms with Crippen LogP contribution in [0, 0.1) is 12.8 Å². The summed E-state index contributed by atoms with van der Waals surface area (Å²) in [6, 6.07) is 34.7. The average Bonchev–Trinajstić information content (AvgIpc) is 3.15. The Morgan fingerprint density at radius 2 is 1.48 bits per heavy atom. The van der Waals surface area contributed by atoms with Gasteiger partial charge in [-0.3, -0.25) is 4.79 Å². The van der Waals surface area contributed by atoms with Gasteiger partial charge >= 0.3 is 16.3 Å². The second-order valence-electron chi connectivity index (χ2n) is 13.8. The van der Waals surface area contributed by atoms with Crippen LogP contribution in [-0.4, -0.2) is 63.8 Å². The van der Waals surface area contributed by atoms with E-state index in [-0.39, 0.29) is 18.1 Å². The van der Waals surface area contributed by atoms with Gasteiger partial charge in [-0.25, -0.2) is 0 Å². The second-order valence-corrected chi connectivity index (χ2v) is 15.3. The van der Waals surface area contributed by atoms with Crippen molar-refractivity contribution in [3.05, 3.63) is 125 Å². The number of carbonyl (C=O) groups is 1. The molecule has 4 aromatic carbocycles. The van der Waals surface area contributed by atoms with Crippen LogP contribution in [0.3, 0.4) is 0 Å². The van der Waals surface area contributed by atoms with Gasteiger partial charge in [-0.2, -0.15) is 12.7 Å². The first-order valence-electron chi connectivity index (χ1n) is 18.2. The number of carbonyl (C=O) groups excluding carboxylic acids is 1. The van der Waals surface area contributed by atoms with E-state index >= 15 is 0 Å². The van der Waals surface area contributed by atoms with Gasteiger partial charge in [0.1, 0.15) is 11.9 Å². The van der Waals surface area contributed by atoms with Gasteiger partial charge in [0.2, 0.25) is 0 Å². The summed E-state index contributed by atoms with van der Waals surface area (Å²) in [5.41, 5.74) is 6.63. The van der Waals surface area contributed by atoms with Gasteiger partial charge in [-0.1, -0.05) is 91.0 Å². The second kappa shape index (κ2) is 18.1. The van der Waals surface area contributed by atoms with E-state index in [1.165, 1.54) is 9.87 Å². The molecule has 0 bridgehead atoms. The van der Waals surface area contributed by atoms with Crippen molar-refractivity contribution in [2.45, 2.75) is 70.9 Å². The van der Waals surface area contributed by atoms with Crippen LogP contribution in [0.15, 0.2) is 103 Å². The Kier molecular flexibility index (Phi) is 13.1. The highest BCUT2D eigenvalue weighted by molar-refractivity contribution is 7.84. The van der Waals surface area contributed by atoms with E-state index in [9.17, 15) is 13.2 Å². The fraction of sp³-hybridized carbons (Fsp3) is 0.405. The predicted molar refractivity (Wildman–Crippen MR) is 200 cm³/mol. The minimum atomic E-state index is -4.14. The van der Waals surface area contributed by atoms with Crippen LogP contribution >= 0.6 is 0 Å². The zero-order valence-electron chi connectivity index (χ0n) is 30.0. The molecule has 0 aliphatic carbocycles. The lowest BCUT2D eigenvalue weighted by Crippen LogP contribution is -2.41. The summed E-state index contributed by atoms with van der Waals surface area (Å²) in [5, 5.41) is 0. The minimum absolute atomic E-state index is 0.0878. The van der Waals surface area contributed by atoms with Gasteiger partial charge in [-0.05, 0) is 91.0 Å². The fourth-order valence-corrected chi connectivity index (χ4v) is 8.03. The van der Waals surface area contributed by atoms with Gasteiger partial charge in [0.05, 0.1) is 38.4 Å². The molecule has 2 atom stereocenters. The Bertz CT molecular complexity index is 1800. The lowest BCUT2D eigenvalue weighted by molar-refractivity contribution is -0.143. The molecule has 2 aliphatic heterocycles. The van der Waals surface area contributed by atoms with Crippen molar-refractivity contribution in [3.63, 3.8) is 0 Å². The average molecular weight is 728 g/mol. The Morgan fingerprint density at radius 1 is 0.827 bits per heavy atom. The molecule has 0 amide bonds. The van der Waals surface area contributed by atoms with E-state index in [1.54, 1.807) is 0 Å². The quantitative estimate of drug-likeness (QED) is 0.123. The number of aryl methyl sites for hydroxylation is 1. The standard InChI is InChI=1S/C42H49NO8S/c1-31-24-36(35-18-21-43(22-19-35)52(45,46)51-42(44)38-20-23-49-32(2)25-38)16-17-41(31)37-14-9-15-39(26-37)50-40(29-47-27-33-10-5-3-6-11-33)30-48-28-34-12-7-4-8-13-34/h3-17,24,26,32,35,38,40H,18-23,25,27-30H2,1-2H3. The monoisotopic (exact) mass is 727 g/mol. The maximum atomic E-state index is 13.0. The number of ether oxygens (including phenoxy) is 4. The topological polar surface area (TPSA) is 101 Å². The van der Waals surface area contributed by atoms with Crippen molar-refractivity contribution in [1.29, 1.82) is 0 Å². The number of nitrogens with zero attached hydrogens (tertiary/aromatic N) is 1. The number of hydrogen-bond acceptors (Lipinski definition) is 8. The van der Waals surface area contributed by atoms with E-state index in [0.717, 1.165) is 33.6 Å². The molecule has 0 radical (unpaired) electrons. The Labute approximate surface area is 308 Å². The molecule has 2 saturated heterocycles. The van der Waals surface area contributed by atoms with E-state index in [2.05, 4.69) is 37.3 Å². The maximum Gasteiger partial charge on any atom is 0.387 e. The summed E-state index contributed by atoms with van der Waals surface area (Å²) in [4.78, 5) is 12.6. The molecule has 4 aromatic rings. The number of piperidine rings is 1. The van der Waals surface area contributed by atoms with Crippen LogP contribution in [0.2, 0.25) is 0 Å². The van der Waals surface area contributed by atoms with Crippen molar-refractivity contribution in [2.24, 2.45) is 5.92 Å². The number of benzene rings is 4. The summed E-state index contributed by atoms with van der Waals surface area (Å²) in [6.45, 7) is 6.74. The molecule has 2 heterocycles. The molecule has 6 rings (SSSR count). The minimum Gasteiger partial charge on any atom is -0.486 e. The maximum absolute atomic E-state index is 13.0. The zero-order chi connectivity index (χ0) is 36.3. The summed E-state index contributed by atoms with van der Waals surface area (Å²) in [6.07, 6.45) is 1.84. The molecule has 0 spiro atoms. The van der Waals surface area contributed by atoms with Crippen molar-refractivity contribution in [1.82, 2.24) is 4.31 Å². The molecule has 2 fully saturated rings. The van der Waals surface area contributed by atoms with Crippen molar-refractivity contribution >= 4 is 16.3 Å². The fourth-order valence-electron chi connectivity index (χ4n) is 6.92. The SMILES string of the molecule is Cc1cc(C2CCN(S(=O)(=O)OC(=O)C3CCOC(C)C3)CC2)ccc1-c1cccc(OC(COCc2ccccc2)COCc2ccccc2)c1. The van der Waals surface area contributed by atoms with Crippen molar-refractivity contribution in [3.8, 4) is 16.9 Å². The molecular weight excluding hydrogens is 679 g/mol. The first-order valence-corrected chi connectivity index (χ1v) is 19.6. The lowest BCUT2D eigenvalue weighted by Gasteiger charge is -2.31. The van der Waals surface area contributed by atoms with Crippen LogP contribution in [0.1, 0.15) is 60.8 Å². The van der Waals surface area contributed by atoms with E-state index < -0.39 is 22.2 Å². The molecule has 2 aliphatic rings. The van der Waals surface area contributed by atoms with E-state index in [0.29, 0.717) is 71.8 Å². The molecule has 0 saturated carbocycles. The summed E-state index contributed by atoms with van der Waals surface area (Å²) >= 11 is 0. The van der Waals surface area contributed by atoms with E-state index in [4.69, 9.17) is 23.1 Å². The largest absolute Gasteiger partial charge is 0.486 e. The molecule has 10 heteroatoms. The summed E-state index contributed by atoms with van der Waals surface area (Å²) in [5.74, 6) is -0.197. The van der Waals surface area contributed by atoms with Crippen LogP contribution in [0.25, 0.3) is 11.1 Å². The highest BCUT2D eigenvalue weighted by Crippen LogP contribution is 2.34. The van der Waals surface area contributed by atoms with Crippen LogP contribution in [0.4, 0.5) is 0 Å². The third-order valence-electron chi connectivity index (χ3n) is 9.78. The van der Waals surface area contributed by atoms with Crippen LogP contribution in [0.5, 0.6) is 5.75 Å². The Hall–Kier alpha value is -4.06. The summed E-state index contributed by atoms with van der Waals surface area (Å²) < 4.78 is 56.4. The van der Waals surface area contributed by atoms with Gasteiger partial charge in [-0.15, -0.1) is 0 Å². The molecule has 52 heavy (non-hydrogen) atoms. The highest BCUT2D eigenvalue weighted by Gasteiger charge is 2.35. The Balaban J connectivity index is 1.05. The normalized spacial score (nSPS) is 18.7. The Morgan fingerprint density at radius 3 is 2.10 bits per heavy atom. The molecule has 9 nitrogen and oxygen atoms in total. The molecule has 276 valence electrons. The highest BCUT2D eigenvalue weighted by atomic mass is 32.2. The molecule has 0 aromatic heterocycles. The van der Waals surface area contributed by atoms with Crippen molar-refractivity contribution < 1.29 is 36.3 Å². The first-order chi connectivity index (χ1) is 25.2. The molecule has 2 unspecified atom stereocenters. The smallest absolute Gasteiger partial charge is 0.387 e. The van der Waals surface area contributed by atoms with Crippen LogP contribution in [-0.2, 0) is 46.7 Å². The number of hydrogen-bond donors (Lipinski definition) is 0.